The van der Waals surface area contributed by atoms with E-state index in [2.05, 4.69) is 4.72 Å². The van der Waals surface area contributed by atoms with E-state index in [9.17, 15) is 18.0 Å². The summed E-state index contributed by atoms with van der Waals surface area (Å²) in [5, 5.41) is 0.430. The molecule has 2 aromatic rings. The Morgan fingerprint density at radius 3 is 2.66 bits per heavy atom. The van der Waals surface area contributed by atoms with Crippen LogP contribution in [-0.2, 0) is 35.6 Å². The normalized spacial score (nSPS) is 19.7. The summed E-state index contributed by atoms with van der Waals surface area (Å²) in [6, 6.07) is 8.97. The highest BCUT2D eigenvalue weighted by molar-refractivity contribution is 7.89. The number of nitrogens with one attached hydrogen (secondary N) is 1. The number of sulfonamides is 1. The highest BCUT2D eigenvalue weighted by Gasteiger charge is 2.38. The minimum atomic E-state index is -3.77. The molecular formula is C24H25ClN2O7S. The molecule has 0 saturated carbocycles. The monoisotopic (exact) mass is 520 g/mol. The van der Waals surface area contributed by atoms with Gasteiger partial charge in [-0.2, -0.15) is 0 Å². The Morgan fingerprint density at radius 2 is 2.00 bits per heavy atom. The van der Waals surface area contributed by atoms with E-state index in [0.29, 0.717) is 35.4 Å². The molecule has 1 unspecified atom stereocenters. The van der Waals surface area contributed by atoms with Crippen molar-refractivity contribution in [2.24, 2.45) is 0 Å². The zero-order valence-corrected chi connectivity index (χ0v) is 20.8. The van der Waals surface area contributed by atoms with Gasteiger partial charge in [-0.3, -0.25) is 4.79 Å². The quantitative estimate of drug-likeness (QED) is 0.419. The molecule has 35 heavy (non-hydrogen) atoms. The molecular weight excluding hydrogens is 496 g/mol. The zero-order chi connectivity index (χ0) is 25.2. The van der Waals surface area contributed by atoms with E-state index in [0.717, 1.165) is 12.8 Å². The Hall–Kier alpha value is -2.92. The van der Waals surface area contributed by atoms with Gasteiger partial charge >= 0.3 is 5.97 Å². The molecule has 0 bridgehead atoms. The fourth-order valence-corrected chi connectivity index (χ4v) is 5.13. The average molecular weight is 521 g/mol. The molecule has 0 aliphatic carbocycles. The molecule has 1 aromatic carbocycles. The Labute approximate surface area is 208 Å². The smallest absolute Gasteiger partial charge is 0.340 e. The Morgan fingerprint density at radius 1 is 1.26 bits per heavy atom. The lowest BCUT2D eigenvalue weighted by Crippen LogP contribution is -2.33. The minimum absolute atomic E-state index is 0.0713. The van der Waals surface area contributed by atoms with Crippen LogP contribution < -0.4 is 4.72 Å². The highest BCUT2D eigenvalue weighted by atomic mass is 35.5. The van der Waals surface area contributed by atoms with Crippen molar-refractivity contribution in [2.45, 2.75) is 37.3 Å². The number of rotatable bonds is 8. The molecule has 0 radical (unpaired) electrons. The lowest BCUT2D eigenvalue weighted by Gasteiger charge is -2.21. The predicted molar refractivity (Wildman–Crippen MR) is 128 cm³/mol. The van der Waals surface area contributed by atoms with Gasteiger partial charge in [0, 0.05) is 17.3 Å². The van der Waals surface area contributed by atoms with Crippen LogP contribution in [0.4, 0.5) is 0 Å². The van der Waals surface area contributed by atoms with Crippen LogP contribution >= 0.6 is 11.6 Å². The number of benzene rings is 1. The number of hydrogen-bond acceptors (Lipinski definition) is 7. The number of esters is 1. The standard InChI is InChI=1S/C24H25ClN2O7S/c1-15-22(24(29)32-2)21(23(28)27(15)14-19-4-3-11-33-19)12-17-7-8-18(34-17)13-26-35(30,31)20-9-5-16(25)6-10-20/h5-10,12,19,26H,3-4,11,13-14H2,1-2H3/b21-12-. The van der Waals surface area contributed by atoms with Crippen LogP contribution in [0.3, 0.4) is 0 Å². The largest absolute Gasteiger partial charge is 0.465 e. The maximum atomic E-state index is 13.2. The molecule has 9 nitrogen and oxygen atoms in total. The number of allylic oxidation sites excluding steroid dienone is 1. The number of methoxy groups -OCH3 is 1. The van der Waals surface area contributed by atoms with Gasteiger partial charge < -0.3 is 18.8 Å². The van der Waals surface area contributed by atoms with Crippen LogP contribution in [0.2, 0.25) is 5.02 Å². The highest BCUT2D eigenvalue weighted by Crippen LogP contribution is 2.33. The number of ether oxygens (including phenoxy) is 2. The maximum absolute atomic E-state index is 13.2. The van der Waals surface area contributed by atoms with Crippen LogP contribution in [0.1, 0.15) is 31.3 Å². The van der Waals surface area contributed by atoms with Crippen LogP contribution in [0.15, 0.2) is 62.6 Å². The molecule has 0 spiro atoms. The van der Waals surface area contributed by atoms with Gasteiger partial charge in [-0.05, 0) is 62.2 Å². The Kier molecular flexibility index (Phi) is 7.46. The van der Waals surface area contributed by atoms with Crippen molar-refractivity contribution in [2.75, 3.05) is 20.3 Å². The molecule has 1 atom stereocenters. The SMILES string of the molecule is COC(=O)C1=C(C)N(CC2CCCO2)C(=O)/C1=C\c1ccc(CNS(=O)(=O)c2ccc(Cl)cc2)o1. The third-order valence-electron chi connectivity index (χ3n) is 5.84. The van der Waals surface area contributed by atoms with E-state index in [1.54, 1.807) is 19.1 Å². The molecule has 11 heteroatoms. The van der Waals surface area contributed by atoms with Crippen molar-refractivity contribution in [1.82, 2.24) is 9.62 Å². The molecule has 3 heterocycles. The second kappa shape index (κ2) is 10.4. The third-order valence-corrected chi connectivity index (χ3v) is 7.51. The van der Waals surface area contributed by atoms with Gasteiger partial charge in [-0.25, -0.2) is 17.9 Å². The number of furan rings is 1. The number of amides is 1. The third kappa shape index (κ3) is 5.51. The van der Waals surface area contributed by atoms with E-state index in [1.807, 2.05) is 0 Å². The fourth-order valence-electron chi connectivity index (χ4n) is 4.01. The van der Waals surface area contributed by atoms with Gasteiger partial charge in [0.15, 0.2) is 0 Å². The second-order valence-corrected chi connectivity index (χ2v) is 10.3. The molecule has 1 aromatic heterocycles. The van der Waals surface area contributed by atoms with Gasteiger partial charge in [0.2, 0.25) is 10.0 Å². The Balaban J connectivity index is 1.52. The van der Waals surface area contributed by atoms with Crippen LogP contribution in [0, 0.1) is 0 Å². The van der Waals surface area contributed by atoms with Gasteiger partial charge in [-0.15, -0.1) is 0 Å². The van der Waals surface area contributed by atoms with Crippen molar-refractivity contribution >= 4 is 39.6 Å². The molecule has 1 saturated heterocycles. The predicted octanol–water partition coefficient (Wildman–Crippen LogP) is 3.26. The van der Waals surface area contributed by atoms with Crippen LogP contribution in [0.25, 0.3) is 6.08 Å². The maximum Gasteiger partial charge on any atom is 0.340 e. The first-order chi connectivity index (χ1) is 16.7. The van der Waals surface area contributed by atoms with Crippen molar-refractivity contribution in [1.29, 1.82) is 0 Å². The lowest BCUT2D eigenvalue weighted by atomic mass is 10.1. The average Bonchev–Trinajstić information content (AvgIpc) is 3.56. The summed E-state index contributed by atoms with van der Waals surface area (Å²) >= 11 is 5.82. The van der Waals surface area contributed by atoms with Crippen molar-refractivity contribution < 1.29 is 31.9 Å². The van der Waals surface area contributed by atoms with Gasteiger partial charge in [0.25, 0.3) is 5.91 Å². The zero-order valence-electron chi connectivity index (χ0n) is 19.2. The summed E-state index contributed by atoms with van der Waals surface area (Å²) in [6.45, 7) is 2.59. The van der Waals surface area contributed by atoms with E-state index >= 15 is 0 Å². The number of carbonyl (C=O) groups excluding carboxylic acids is 2. The summed E-state index contributed by atoms with van der Waals surface area (Å²) in [5.74, 6) is -0.349. The number of hydrogen-bond donors (Lipinski definition) is 1. The number of carbonyl (C=O) groups is 2. The van der Waals surface area contributed by atoms with Crippen molar-refractivity contribution in [3.63, 3.8) is 0 Å². The summed E-state index contributed by atoms with van der Waals surface area (Å²) in [4.78, 5) is 27.3. The molecule has 2 aliphatic heterocycles. The van der Waals surface area contributed by atoms with Crippen LogP contribution in [0.5, 0.6) is 0 Å². The van der Waals surface area contributed by atoms with Crippen molar-refractivity contribution in [3.8, 4) is 0 Å². The molecule has 4 rings (SSSR count). The first-order valence-corrected chi connectivity index (χ1v) is 12.8. The molecule has 1 amide bonds. The lowest BCUT2D eigenvalue weighted by molar-refractivity contribution is -0.136. The topological polar surface area (TPSA) is 115 Å². The van der Waals surface area contributed by atoms with Gasteiger partial charge in [0.05, 0.1) is 42.3 Å². The molecule has 2 aliphatic rings. The first-order valence-electron chi connectivity index (χ1n) is 11.0. The fraction of sp³-hybridized carbons (Fsp3) is 0.333. The Bertz CT molecular complexity index is 1290. The minimum Gasteiger partial charge on any atom is -0.465 e. The number of nitrogens with zero attached hydrogens (tertiary/aromatic N) is 1. The first kappa shape index (κ1) is 25.2. The van der Waals surface area contributed by atoms with Crippen molar-refractivity contribution in [3.05, 3.63) is 69.8 Å². The summed E-state index contributed by atoms with van der Waals surface area (Å²) in [5.41, 5.74) is 0.804. The summed E-state index contributed by atoms with van der Waals surface area (Å²) < 4.78 is 43.7. The van der Waals surface area contributed by atoms with E-state index in [-0.39, 0.29) is 34.6 Å². The van der Waals surface area contributed by atoms with E-state index < -0.39 is 16.0 Å². The summed E-state index contributed by atoms with van der Waals surface area (Å²) in [7, 11) is -2.52. The molecule has 1 N–H and O–H groups in total. The molecule has 1 fully saturated rings. The molecule has 186 valence electrons. The van der Waals surface area contributed by atoms with E-state index in [4.69, 9.17) is 25.5 Å². The second-order valence-electron chi connectivity index (χ2n) is 8.14. The van der Waals surface area contributed by atoms with E-state index in [1.165, 1.54) is 42.4 Å². The van der Waals surface area contributed by atoms with Gasteiger partial charge in [0.1, 0.15) is 11.5 Å². The summed E-state index contributed by atoms with van der Waals surface area (Å²) in [6.07, 6.45) is 3.15. The van der Waals surface area contributed by atoms with Gasteiger partial charge in [-0.1, -0.05) is 11.6 Å². The van der Waals surface area contributed by atoms with Crippen LogP contribution in [-0.4, -0.2) is 51.6 Å². The number of halogens is 1.